The Labute approximate surface area is 123 Å². The summed E-state index contributed by atoms with van der Waals surface area (Å²) in [5.41, 5.74) is 1.47. The predicted molar refractivity (Wildman–Crippen MR) is 81.2 cm³/mol. The molecule has 110 valence electrons. The van der Waals surface area contributed by atoms with Gasteiger partial charge in [-0.15, -0.1) is 0 Å². The smallest absolute Gasteiger partial charge is 0.275 e. The molecular weight excluding hydrogens is 264 g/mol. The molecule has 1 saturated carbocycles. The highest BCUT2D eigenvalue weighted by molar-refractivity contribution is 6.04. The monoisotopic (exact) mass is 284 g/mol. The summed E-state index contributed by atoms with van der Waals surface area (Å²) in [7, 11) is 0. The van der Waals surface area contributed by atoms with Crippen LogP contribution in [0, 0.1) is 0 Å². The van der Waals surface area contributed by atoms with Crippen LogP contribution in [-0.4, -0.2) is 57.6 Å². The van der Waals surface area contributed by atoms with Crippen molar-refractivity contribution < 1.29 is 4.79 Å². The number of para-hydroxylation sites is 1. The van der Waals surface area contributed by atoms with Crippen molar-refractivity contribution in [2.24, 2.45) is 0 Å². The van der Waals surface area contributed by atoms with E-state index < -0.39 is 0 Å². The number of nitrogens with one attached hydrogen (secondary N) is 1. The van der Waals surface area contributed by atoms with Crippen molar-refractivity contribution in [3.63, 3.8) is 0 Å². The number of amides is 1. The highest BCUT2D eigenvalue weighted by Gasteiger charge is 2.36. The third kappa shape index (κ3) is 2.21. The number of hydrogen-bond acceptors (Lipinski definition) is 3. The Bertz CT molecular complexity index is 676. The first-order chi connectivity index (χ1) is 10.2. The van der Waals surface area contributed by atoms with Crippen molar-refractivity contribution >= 4 is 16.8 Å². The van der Waals surface area contributed by atoms with Crippen LogP contribution >= 0.6 is 0 Å². The largest absolute Gasteiger partial charge is 0.332 e. The quantitative estimate of drug-likeness (QED) is 0.916. The van der Waals surface area contributed by atoms with Gasteiger partial charge in [0, 0.05) is 37.1 Å². The van der Waals surface area contributed by atoms with Gasteiger partial charge < -0.3 is 4.90 Å². The molecule has 0 spiro atoms. The molecule has 1 amide bonds. The molecule has 1 saturated heterocycles. The molecule has 2 aromatic rings. The van der Waals surface area contributed by atoms with Gasteiger partial charge in [0.05, 0.1) is 5.52 Å². The lowest BCUT2D eigenvalue weighted by atomic mass is 10.1. The third-order valence-corrected chi connectivity index (χ3v) is 4.66. The highest BCUT2D eigenvalue weighted by Crippen LogP contribution is 2.29. The number of aromatic amines is 1. The molecule has 1 unspecified atom stereocenters. The van der Waals surface area contributed by atoms with Crippen molar-refractivity contribution in [3.05, 3.63) is 30.0 Å². The first-order valence-corrected chi connectivity index (χ1v) is 7.72. The molecule has 2 aliphatic rings. The van der Waals surface area contributed by atoms with Crippen molar-refractivity contribution in [3.8, 4) is 0 Å². The molecule has 4 rings (SSSR count). The number of hydrogen-bond donors (Lipinski definition) is 1. The molecule has 1 aliphatic carbocycles. The normalized spacial score (nSPS) is 23.7. The van der Waals surface area contributed by atoms with Gasteiger partial charge in [-0.3, -0.25) is 14.8 Å². The van der Waals surface area contributed by atoms with Gasteiger partial charge in [0.15, 0.2) is 5.69 Å². The lowest BCUT2D eigenvalue weighted by molar-refractivity contribution is 0.0470. The minimum atomic E-state index is 0.0513. The van der Waals surface area contributed by atoms with Crippen LogP contribution in [0.5, 0.6) is 0 Å². The molecule has 1 atom stereocenters. The summed E-state index contributed by atoms with van der Waals surface area (Å²) in [6.07, 6.45) is 2.65. The Kier molecular flexibility index (Phi) is 2.96. The molecule has 0 bridgehead atoms. The molecule has 1 aliphatic heterocycles. The molecule has 5 heteroatoms. The number of piperazine rings is 1. The van der Waals surface area contributed by atoms with Gasteiger partial charge in [-0.2, -0.15) is 5.10 Å². The van der Waals surface area contributed by atoms with Crippen molar-refractivity contribution in [2.45, 2.75) is 31.8 Å². The molecule has 2 fully saturated rings. The second kappa shape index (κ2) is 4.84. The van der Waals surface area contributed by atoms with Crippen LogP contribution < -0.4 is 0 Å². The van der Waals surface area contributed by atoms with Crippen molar-refractivity contribution in [1.29, 1.82) is 0 Å². The van der Waals surface area contributed by atoms with Crippen LogP contribution in [0.4, 0.5) is 0 Å². The molecule has 0 radical (unpaired) electrons. The zero-order valence-corrected chi connectivity index (χ0v) is 12.2. The van der Waals surface area contributed by atoms with Gasteiger partial charge in [0.2, 0.25) is 0 Å². The summed E-state index contributed by atoms with van der Waals surface area (Å²) < 4.78 is 0. The average molecular weight is 284 g/mol. The van der Waals surface area contributed by atoms with E-state index in [1.807, 2.05) is 29.2 Å². The second-order valence-corrected chi connectivity index (χ2v) is 6.19. The Morgan fingerprint density at radius 1 is 1.29 bits per heavy atom. The molecular formula is C16H20N4O. The zero-order chi connectivity index (χ0) is 14.4. The van der Waals surface area contributed by atoms with Gasteiger partial charge in [0.1, 0.15) is 0 Å². The minimum absolute atomic E-state index is 0.0513. The lowest BCUT2D eigenvalue weighted by Crippen LogP contribution is -2.54. The summed E-state index contributed by atoms with van der Waals surface area (Å²) in [5.74, 6) is 0.0513. The Morgan fingerprint density at radius 3 is 2.86 bits per heavy atom. The predicted octanol–water partition coefficient (Wildman–Crippen LogP) is 1.87. The maximum Gasteiger partial charge on any atom is 0.275 e. The van der Waals surface area contributed by atoms with E-state index >= 15 is 0 Å². The Morgan fingerprint density at radius 2 is 2.10 bits per heavy atom. The molecule has 21 heavy (non-hydrogen) atoms. The molecule has 2 heterocycles. The minimum Gasteiger partial charge on any atom is -0.332 e. The summed E-state index contributed by atoms with van der Waals surface area (Å²) in [4.78, 5) is 17.3. The van der Waals surface area contributed by atoms with E-state index in [0.717, 1.165) is 36.6 Å². The van der Waals surface area contributed by atoms with Crippen LogP contribution in [0.3, 0.4) is 0 Å². The standard InChI is InChI=1S/C16H20N4O/c1-11-10-19(12-6-7-12)8-9-20(11)16(21)15-13-4-2-3-5-14(13)17-18-15/h2-5,11-12H,6-10H2,1H3,(H,17,18). The number of fused-ring (bicyclic) bond motifs is 1. The number of benzene rings is 1. The number of H-pyrrole nitrogens is 1. The fourth-order valence-corrected chi connectivity index (χ4v) is 3.32. The highest BCUT2D eigenvalue weighted by atomic mass is 16.2. The van der Waals surface area contributed by atoms with E-state index in [9.17, 15) is 4.79 Å². The third-order valence-electron chi connectivity index (χ3n) is 4.66. The van der Waals surface area contributed by atoms with Crippen LogP contribution in [0.2, 0.25) is 0 Å². The van der Waals surface area contributed by atoms with Crippen LogP contribution in [0.15, 0.2) is 24.3 Å². The summed E-state index contributed by atoms with van der Waals surface area (Å²) in [6.45, 7) is 4.92. The van der Waals surface area contributed by atoms with Crippen molar-refractivity contribution in [2.75, 3.05) is 19.6 Å². The van der Waals surface area contributed by atoms with Gasteiger partial charge in [0.25, 0.3) is 5.91 Å². The SMILES string of the molecule is CC1CN(C2CC2)CCN1C(=O)c1n[nH]c2ccccc12. The zero-order valence-electron chi connectivity index (χ0n) is 12.2. The molecule has 1 aromatic heterocycles. The van der Waals surface area contributed by atoms with E-state index in [1.165, 1.54) is 12.8 Å². The van der Waals surface area contributed by atoms with E-state index in [4.69, 9.17) is 0 Å². The van der Waals surface area contributed by atoms with E-state index in [2.05, 4.69) is 22.0 Å². The molecule has 1 N–H and O–H groups in total. The number of carbonyl (C=O) groups is 1. The first kappa shape index (κ1) is 12.8. The van der Waals surface area contributed by atoms with Crippen LogP contribution in [-0.2, 0) is 0 Å². The topological polar surface area (TPSA) is 52.2 Å². The van der Waals surface area contributed by atoms with Crippen LogP contribution in [0.25, 0.3) is 10.9 Å². The van der Waals surface area contributed by atoms with E-state index in [-0.39, 0.29) is 11.9 Å². The second-order valence-electron chi connectivity index (χ2n) is 6.19. The number of rotatable bonds is 2. The van der Waals surface area contributed by atoms with Gasteiger partial charge in [-0.25, -0.2) is 0 Å². The number of aromatic nitrogens is 2. The van der Waals surface area contributed by atoms with E-state index in [1.54, 1.807) is 0 Å². The summed E-state index contributed by atoms with van der Waals surface area (Å²) in [6, 6.07) is 8.83. The fourth-order valence-electron chi connectivity index (χ4n) is 3.32. The van der Waals surface area contributed by atoms with Gasteiger partial charge in [-0.1, -0.05) is 18.2 Å². The molecule has 1 aromatic carbocycles. The maximum atomic E-state index is 12.8. The Balaban J connectivity index is 1.57. The number of nitrogens with zero attached hydrogens (tertiary/aromatic N) is 3. The van der Waals surface area contributed by atoms with Gasteiger partial charge >= 0.3 is 0 Å². The average Bonchev–Trinajstić information content (AvgIpc) is 3.26. The summed E-state index contributed by atoms with van der Waals surface area (Å²) >= 11 is 0. The maximum absolute atomic E-state index is 12.8. The van der Waals surface area contributed by atoms with E-state index in [0.29, 0.717) is 5.69 Å². The lowest BCUT2D eigenvalue weighted by Gasteiger charge is -2.39. The Hall–Kier alpha value is -1.88. The molecule has 5 nitrogen and oxygen atoms in total. The van der Waals surface area contributed by atoms with Crippen molar-refractivity contribution in [1.82, 2.24) is 20.0 Å². The fraction of sp³-hybridized carbons (Fsp3) is 0.500. The first-order valence-electron chi connectivity index (χ1n) is 7.72. The number of carbonyl (C=O) groups excluding carboxylic acids is 1. The van der Waals surface area contributed by atoms with Gasteiger partial charge in [-0.05, 0) is 25.8 Å². The van der Waals surface area contributed by atoms with Crippen LogP contribution in [0.1, 0.15) is 30.3 Å². The summed E-state index contributed by atoms with van der Waals surface area (Å²) in [5, 5.41) is 8.11.